The van der Waals surface area contributed by atoms with Crippen LogP contribution in [0.25, 0.3) is 0 Å². The van der Waals surface area contributed by atoms with Crippen molar-refractivity contribution < 1.29 is 4.79 Å². The van der Waals surface area contributed by atoms with Crippen LogP contribution >= 0.6 is 27.7 Å². The monoisotopic (exact) mass is 285 g/mol. The topological polar surface area (TPSA) is 29.1 Å². The molecule has 0 spiro atoms. The van der Waals surface area contributed by atoms with E-state index in [-0.39, 0.29) is 5.91 Å². The van der Waals surface area contributed by atoms with Gasteiger partial charge in [0.1, 0.15) is 0 Å². The zero-order valence-electron chi connectivity index (χ0n) is 8.20. The van der Waals surface area contributed by atoms with E-state index in [1.54, 1.807) is 6.08 Å². The number of carbonyl (C=O) groups is 1. The summed E-state index contributed by atoms with van der Waals surface area (Å²) in [6.07, 6.45) is 1.67. The Morgan fingerprint density at radius 2 is 2.27 bits per heavy atom. The van der Waals surface area contributed by atoms with E-state index < -0.39 is 0 Å². The highest BCUT2D eigenvalue weighted by Crippen LogP contribution is 2.26. The number of rotatable bonds is 5. The zero-order valence-corrected chi connectivity index (χ0v) is 10.6. The van der Waals surface area contributed by atoms with E-state index in [0.29, 0.717) is 12.3 Å². The lowest BCUT2D eigenvalue weighted by Crippen LogP contribution is -2.24. The van der Waals surface area contributed by atoms with Crippen LogP contribution in [0.2, 0.25) is 0 Å². The van der Waals surface area contributed by atoms with Crippen LogP contribution in [0.15, 0.2) is 46.3 Å². The average Bonchev–Trinajstić information content (AvgIpc) is 2.25. The fourth-order valence-electron chi connectivity index (χ4n) is 0.942. The van der Waals surface area contributed by atoms with Crippen molar-refractivity contribution in [2.24, 2.45) is 0 Å². The highest BCUT2D eigenvalue weighted by molar-refractivity contribution is 9.10. The molecule has 0 aliphatic carbocycles. The largest absolute Gasteiger partial charge is 0.352 e. The molecule has 1 rings (SSSR count). The first-order valence-electron chi connectivity index (χ1n) is 4.49. The van der Waals surface area contributed by atoms with Gasteiger partial charge in [-0.3, -0.25) is 4.79 Å². The van der Waals surface area contributed by atoms with Gasteiger partial charge < -0.3 is 5.32 Å². The first kappa shape index (κ1) is 12.3. The molecule has 0 heterocycles. The van der Waals surface area contributed by atoms with Crippen molar-refractivity contribution in [2.75, 3.05) is 12.3 Å². The molecule has 1 N–H and O–H groups in total. The Labute approximate surface area is 102 Å². The average molecular weight is 286 g/mol. The van der Waals surface area contributed by atoms with Crippen LogP contribution in [-0.4, -0.2) is 18.2 Å². The summed E-state index contributed by atoms with van der Waals surface area (Å²) >= 11 is 4.94. The molecule has 2 nitrogen and oxygen atoms in total. The maximum atomic E-state index is 11.3. The maximum absolute atomic E-state index is 11.3. The van der Waals surface area contributed by atoms with E-state index in [0.717, 1.165) is 9.37 Å². The predicted molar refractivity (Wildman–Crippen MR) is 68.1 cm³/mol. The number of nitrogens with one attached hydrogen (secondary N) is 1. The number of carbonyl (C=O) groups excluding carboxylic acids is 1. The van der Waals surface area contributed by atoms with Crippen molar-refractivity contribution >= 4 is 33.6 Å². The molecule has 0 aliphatic rings. The number of benzene rings is 1. The van der Waals surface area contributed by atoms with Crippen LogP contribution in [0, 0.1) is 0 Å². The Morgan fingerprint density at radius 3 is 2.93 bits per heavy atom. The molecular formula is C11H12BrNOS. The summed E-state index contributed by atoms with van der Waals surface area (Å²) in [5.41, 5.74) is 0. The molecule has 15 heavy (non-hydrogen) atoms. The summed E-state index contributed by atoms with van der Waals surface area (Å²) in [7, 11) is 0. The molecule has 0 aromatic heterocycles. The van der Waals surface area contributed by atoms with Crippen molar-refractivity contribution in [3.8, 4) is 0 Å². The first-order valence-corrected chi connectivity index (χ1v) is 6.27. The third-order valence-electron chi connectivity index (χ3n) is 1.64. The third kappa shape index (κ3) is 4.53. The standard InChI is InChI=1S/C11H12BrNOS/c1-2-7-13-11(14)8-15-10-6-4-3-5-9(10)12/h2-6H,1,7-8H2,(H,13,14). The Morgan fingerprint density at radius 1 is 1.53 bits per heavy atom. The highest BCUT2D eigenvalue weighted by Gasteiger charge is 2.03. The SMILES string of the molecule is C=CCNC(=O)CSc1ccccc1Br. The number of halogens is 1. The number of hydrogen-bond acceptors (Lipinski definition) is 2. The maximum Gasteiger partial charge on any atom is 0.230 e. The van der Waals surface area contributed by atoms with Gasteiger partial charge in [0.05, 0.1) is 5.75 Å². The summed E-state index contributed by atoms with van der Waals surface area (Å²) in [6, 6.07) is 7.85. The molecule has 0 atom stereocenters. The Bertz CT molecular complexity index is 354. The van der Waals surface area contributed by atoms with Gasteiger partial charge >= 0.3 is 0 Å². The lowest BCUT2D eigenvalue weighted by molar-refractivity contribution is -0.118. The minimum Gasteiger partial charge on any atom is -0.352 e. The van der Waals surface area contributed by atoms with Gasteiger partial charge in [0.2, 0.25) is 5.91 Å². The van der Waals surface area contributed by atoms with Crippen LogP contribution in [0.1, 0.15) is 0 Å². The van der Waals surface area contributed by atoms with Crippen LogP contribution in [-0.2, 0) is 4.79 Å². The van der Waals surface area contributed by atoms with Crippen molar-refractivity contribution in [2.45, 2.75) is 4.90 Å². The molecular weight excluding hydrogens is 274 g/mol. The van der Waals surface area contributed by atoms with Gasteiger partial charge in [-0.25, -0.2) is 0 Å². The van der Waals surface area contributed by atoms with Crippen LogP contribution < -0.4 is 5.32 Å². The van der Waals surface area contributed by atoms with Crippen LogP contribution in [0.4, 0.5) is 0 Å². The van der Waals surface area contributed by atoms with Gasteiger partial charge in [0.25, 0.3) is 0 Å². The second kappa shape index (κ2) is 6.69. The molecule has 1 aromatic carbocycles. The molecule has 1 aromatic rings. The van der Waals surface area contributed by atoms with Gasteiger partial charge in [-0.15, -0.1) is 18.3 Å². The summed E-state index contributed by atoms with van der Waals surface area (Å²) in [6.45, 7) is 4.06. The van der Waals surface area contributed by atoms with Crippen molar-refractivity contribution in [1.82, 2.24) is 5.32 Å². The second-order valence-electron chi connectivity index (χ2n) is 2.81. The molecule has 0 fully saturated rings. The first-order chi connectivity index (χ1) is 7.24. The Kier molecular flexibility index (Phi) is 5.50. The highest BCUT2D eigenvalue weighted by atomic mass is 79.9. The lowest BCUT2D eigenvalue weighted by Gasteiger charge is -2.04. The van der Waals surface area contributed by atoms with Crippen molar-refractivity contribution in [3.05, 3.63) is 41.4 Å². The normalized spacial score (nSPS) is 9.67. The number of amides is 1. The molecule has 0 saturated heterocycles. The molecule has 80 valence electrons. The van der Waals surface area contributed by atoms with Crippen molar-refractivity contribution in [3.63, 3.8) is 0 Å². The Balaban J connectivity index is 2.40. The molecule has 0 saturated carbocycles. The predicted octanol–water partition coefficient (Wildman–Crippen LogP) is 2.84. The van der Waals surface area contributed by atoms with Crippen LogP contribution in [0.5, 0.6) is 0 Å². The zero-order chi connectivity index (χ0) is 11.1. The number of thioether (sulfide) groups is 1. The molecule has 0 radical (unpaired) electrons. The fourth-order valence-corrected chi connectivity index (χ4v) is 2.34. The second-order valence-corrected chi connectivity index (χ2v) is 4.68. The van der Waals surface area contributed by atoms with Gasteiger partial charge in [0, 0.05) is 15.9 Å². The Hall–Kier alpha value is -0.740. The molecule has 0 aliphatic heterocycles. The van der Waals surface area contributed by atoms with E-state index >= 15 is 0 Å². The summed E-state index contributed by atoms with van der Waals surface area (Å²) in [5, 5.41) is 2.73. The minimum atomic E-state index is 0.0238. The molecule has 0 unspecified atom stereocenters. The van der Waals surface area contributed by atoms with Gasteiger partial charge in [0.15, 0.2) is 0 Å². The lowest BCUT2D eigenvalue weighted by atomic mass is 10.4. The van der Waals surface area contributed by atoms with E-state index in [1.165, 1.54) is 11.8 Å². The van der Waals surface area contributed by atoms with E-state index in [4.69, 9.17) is 0 Å². The summed E-state index contributed by atoms with van der Waals surface area (Å²) in [4.78, 5) is 12.4. The van der Waals surface area contributed by atoms with Crippen LogP contribution in [0.3, 0.4) is 0 Å². The van der Waals surface area contributed by atoms with Crippen molar-refractivity contribution in [1.29, 1.82) is 0 Å². The summed E-state index contributed by atoms with van der Waals surface area (Å²) in [5.74, 6) is 0.451. The van der Waals surface area contributed by atoms with Gasteiger partial charge in [-0.1, -0.05) is 18.2 Å². The van der Waals surface area contributed by atoms with E-state index in [9.17, 15) is 4.79 Å². The number of hydrogen-bond donors (Lipinski definition) is 1. The molecule has 4 heteroatoms. The molecule has 1 amide bonds. The van der Waals surface area contributed by atoms with Gasteiger partial charge in [-0.2, -0.15) is 0 Å². The quantitative estimate of drug-likeness (QED) is 0.666. The van der Waals surface area contributed by atoms with E-state index in [2.05, 4.69) is 27.8 Å². The summed E-state index contributed by atoms with van der Waals surface area (Å²) < 4.78 is 1.02. The minimum absolute atomic E-state index is 0.0238. The third-order valence-corrected chi connectivity index (χ3v) is 3.67. The smallest absolute Gasteiger partial charge is 0.230 e. The fraction of sp³-hybridized carbons (Fsp3) is 0.182. The molecule has 0 bridgehead atoms. The van der Waals surface area contributed by atoms with Gasteiger partial charge in [-0.05, 0) is 28.1 Å². The van der Waals surface area contributed by atoms with E-state index in [1.807, 2.05) is 24.3 Å².